The van der Waals surface area contributed by atoms with Gasteiger partial charge in [0.15, 0.2) is 17.1 Å². The van der Waals surface area contributed by atoms with Crippen molar-refractivity contribution in [3.05, 3.63) is 23.8 Å². The van der Waals surface area contributed by atoms with E-state index in [1.807, 2.05) is 25.1 Å². The van der Waals surface area contributed by atoms with Gasteiger partial charge in [-0.3, -0.25) is 9.59 Å². The smallest absolute Gasteiger partial charge is 0.303 e. The lowest BCUT2D eigenvalue weighted by Gasteiger charge is -2.34. The van der Waals surface area contributed by atoms with Crippen molar-refractivity contribution in [2.45, 2.75) is 84.0 Å². The first kappa shape index (κ1) is 24.4. The van der Waals surface area contributed by atoms with E-state index in [4.69, 9.17) is 14.2 Å². The Hall–Kier alpha value is -2.28. The Labute approximate surface area is 191 Å². The third kappa shape index (κ3) is 4.87. The molecule has 2 aliphatic rings. The molecule has 1 aliphatic heterocycles. The van der Waals surface area contributed by atoms with Gasteiger partial charge >= 0.3 is 5.97 Å². The number of aliphatic hydroxyl groups is 1. The summed E-state index contributed by atoms with van der Waals surface area (Å²) in [7, 11) is 1.63. The molecule has 0 radical (unpaired) electrons. The molecule has 3 unspecified atom stereocenters. The molecule has 178 valence electrons. The summed E-state index contributed by atoms with van der Waals surface area (Å²) in [6.45, 7) is 9.04. The zero-order valence-corrected chi connectivity index (χ0v) is 20.1. The monoisotopic (exact) mass is 447 g/mol. The number of esters is 1. The van der Waals surface area contributed by atoms with Crippen LogP contribution in [0.1, 0.15) is 71.8 Å². The van der Waals surface area contributed by atoms with Gasteiger partial charge in [-0.2, -0.15) is 0 Å². The predicted molar refractivity (Wildman–Crippen MR) is 121 cm³/mol. The van der Waals surface area contributed by atoms with E-state index in [-0.39, 0.29) is 17.9 Å². The number of carbonyl (C=O) groups is 2. The van der Waals surface area contributed by atoms with Crippen molar-refractivity contribution in [1.29, 1.82) is 0 Å². The van der Waals surface area contributed by atoms with Crippen LogP contribution < -0.4 is 9.47 Å². The number of nitrogens with zero attached hydrogens (tertiary/aromatic N) is 1. The van der Waals surface area contributed by atoms with E-state index < -0.39 is 23.1 Å². The summed E-state index contributed by atoms with van der Waals surface area (Å²) in [4.78, 5) is 26.4. The van der Waals surface area contributed by atoms with E-state index in [9.17, 15) is 14.7 Å². The zero-order valence-electron chi connectivity index (χ0n) is 20.1. The van der Waals surface area contributed by atoms with Gasteiger partial charge in [-0.25, -0.2) is 0 Å². The SMILES string of the molecule is COc1ccc(C2CN(C(=O)C(C)(C)OC(C)=O)CC2(C)C(C)O)cc1OC1CCCC1. The summed E-state index contributed by atoms with van der Waals surface area (Å²) in [5, 5.41) is 10.7. The average Bonchev–Trinajstić information content (AvgIpc) is 3.34. The maximum atomic E-state index is 13.2. The Bertz CT molecular complexity index is 845. The number of ether oxygens (including phenoxy) is 3. The number of likely N-dealkylation sites (tertiary alicyclic amines) is 1. The number of carbonyl (C=O) groups excluding carboxylic acids is 2. The van der Waals surface area contributed by atoms with Crippen molar-refractivity contribution in [2.24, 2.45) is 5.41 Å². The molecule has 2 fully saturated rings. The molecule has 1 saturated heterocycles. The van der Waals surface area contributed by atoms with Gasteiger partial charge in [-0.15, -0.1) is 0 Å². The minimum Gasteiger partial charge on any atom is -0.493 e. The van der Waals surface area contributed by atoms with Gasteiger partial charge in [0.2, 0.25) is 0 Å². The lowest BCUT2D eigenvalue weighted by atomic mass is 9.72. The topological polar surface area (TPSA) is 85.3 Å². The molecule has 0 aromatic heterocycles. The van der Waals surface area contributed by atoms with Crippen LogP contribution in [-0.4, -0.2) is 59.9 Å². The zero-order chi connectivity index (χ0) is 23.7. The predicted octanol–water partition coefficient (Wildman–Crippen LogP) is 3.67. The first-order valence-corrected chi connectivity index (χ1v) is 11.5. The van der Waals surface area contributed by atoms with Crippen LogP contribution in [0.3, 0.4) is 0 Å². The molecule has 1 saturated carbocycles. The molecule has 7 nitrogen and oxygen atoms in total. The number of hydrogen-bond donors (Lipinski definition) is 1. The van der Waals surface area contributed by atoms with Crippen LogP contribution in [0.5, 0.6) is 11.5 Å². The van der Waals surface area contributed by atoms with Crippen LogP contribution >= 0.6 is 0 Å². The fourth-order valence-corrected chi connectivity index (χ4v) is 5.05. The van der Waals surface area contributed by atoms with Gasteiger partial charge in [0.1, 0.15) is 0 Å². The normalized spacial score (nSPS) is 25.0. The van der Waals surface area contributed by atoms with Gasteiger partial charge in [0.05, 0.1) is 19.3 Å². The summed E-state index contributed by atoms with van der Waals surface area (Å²) < 4.78 is 17.1. The van der Waals surface area contributed by atoms with Crippen molar-refractivity contribution in [3.8, 4) is 11.5 Å². The third-order valence-electron chi connectivity index (χ3n) is 7.07. The number of methoxy groups -OCH3 is 1. The van der Waals surface area contributed by atoms with Gasteiger partial charge in [0.25, 0.3) is 5.91 Å². The molecule has 1 aromatic carbocycles. The van der Waals surface area contributed by atoms with Crippen molar-refractivity contribution in [2.75, 3.05) is 20.2 Å². The summed E-state index contributed by atoms with van der Waals surface area (Å²) in [6.07, 6.45) is 3.96. The third-order valence-corrected chi connectivity index (χ3v) is 7.07. The molecule has 1 aliphatic carbocycles. The van der Waals surface area contributed by atoms with Crippen LogP contribution in [0.25, 0.3) is 0 Å². The largest absolute Gasteiger partial charge is 0.493 e. The standard InChI is InChI=1S/C25H37NO6/c1-16(27)25(5)15-26(23(29)24(3,4)32-17(2)28)14-20(25)18-11-12-21(30-6)22(13-18)31-19-9-7-8-10-19/h11-13,16,19-20,27H,7-10,14-15H2,1-6H3. The summed E-state index contributed by atoms with van der Waals surface area (Å²) >= 11 is 0. The molecule has 1 heterocycles. The first-order valence-electron chi connectivity index (χ1n) is 11.5. The number of aliphatic hydroxyl groups excluding tert-OH is 1. The number of rotatable bonds is 7. The van der Waals surface area contributed by atoms with E-state index in [0.717, 1.165) is 18.4 Å². The molecule has 1 aromatic rings. The van der Waals surface area contributed by atoms with Crippen LogP contribution in [0, 0.1) is 5.41 Å². The maximum Gasteiger partial charge on any atom is 0.303 e. The Kier molecular flexibility index (Phi) is 7.08. The summed E-state index contributed by atoms with van der Waals surface area (Å²) in [5.41, 5.74) is -0.846. The highest BCUT2D eigenvalue weighted by molar-refractivity contribution is 5.87. The van der Waals surface area contributed by atoms with Crippen LogP contribution in [-0.2, 0) is 14.3 Å². The van der Waals surface area contributed by atoms with E-state index >= 15 is 0 Å². The molecule has 1 N–H and O–H groups in total. The summed E-state index contributed by atoms with van der Waals surface area (Å²) in [5.74, 6) is 0.506. The highest BCUT2D eigenvalue weighted by Crippen LogP contribution is 2.47. The first-order chi connectivity index (χ1) is 15.0. The Morgan fingerprint density at radius 1 is 1.22 bits per heavy atom. The second-order valence-electron chi connectivity index (χ2n) is 9.96. The second kappa shape index (κ2) is 9.30. The average molecular weight is 448 g/mol. The molecule has 32 heavy (non-hydrogen) atoms. The minimum atomic E-state index is -1.27. The molecule has 1 amide bonds. The highest BCUT2D eigenvalue weighted by Gasteiger charge is 2.51. The van der Waals surface area contributed by atoms with Gasteiger partial charge < -0.3 is 24.2 Å². The molecule has 3 rings (SSSR count). The molecule has 3 atom stereocenters. The fourth-order valence-electron chi connectivity index (χ4n) is 5.05. The van der Waals surface area contributed by atoms with Gasteiger partial charge in [-0.1, -0.05) is 13.0 Å². The maximum absolute atomic E-state index is 13.2. The van der Waals surface area contributed by atoms with Crippen molar-refractivity contribution >= 4 is 11.9 Å². The van der Waals surface area contributed by atoms with E-state index in [0.29, 0.717) is 24.6 Å². The molecule has 0 spiro atoms. The van der Waals surface area contributed by atoms with Crippen molar-refractivity contribution in [1.82, 2.24) is 4.90 Å². The van der Waals surface area contributed by atoms with Crippen LogP contribution in [0.2, 0.25) is 0 Å². The Morgan fingerprint density at radius 3 is 2.44 bits per heavy atom. The van der Waals surface area contributed by atoms with Crippen molar-refractivity contribution < 1.29 is 28.9 Å². The van der Waals surface area contributed by atoms with Crippen LogP contribution in [0.4, 0.5) is 0 Å². The number of amides is 1. The van der Waals surface area contributed by atoms with E-state index in [2.05, 4.69) is 0 Å². The van der Waals surface area contributed by atoms with E-state index in [1.54, 1.807) is 32.8 Å². The lowest BCUT2D eigenvalue weighted by Crippen LogP contribution is -2.48. The number of benzene rings is 1. The van der Waals surface area contributed by atoms with Crippen molar-refractivity contribution in [3.63, 3.8) is 0 Å². The Morgan fingerprint density at radius 2 is 1.88 bits per heavy atom. The second-order valence-corrected chi connectivity index (χ2v) is 9.96. The quantitative estimate of drug-likeness (QED) is 0.642. The highest BCUT2D eigenvalue weighted by atomic mass is 16.6. The molecular weight excluding hydrogens is 410 g/mol. The molecule has 7 heteroatoms. The Balaban J connectivity index is 1.91. The van der Waals surface area contributed by atoms with Gasteiger partial charge in [0, 0.05) is 31.3 Å². The fraction of sp³-hybridized carbons (Fsp3) is 0.680. The lowest BCUT2D eigenvalue weighted by molar-refractivity contribution is -0.168. The van der Waals surface area contributed by atoms with E-state index in [1.165, 1.54) is 19.8 Å². The number of hydrogen-bond acceptors (Lipinski definition) is 6. The minimum absolute atomic E-state index is 0.114. The van der Waals surface area contributed by atoms with Crippen LogP contribution in [0.15, 0.2) is 18.2 Å². The molecular formula is C25H37NO6. The molecule has 0 bridgehead atoms. The van der Waals surface area contributed by atoms with Gasteiger partial charge in [-0.05, 0) is 64.2 Å². The summed E-state index contributed by atoms with van der Waals surface area (Å²) in [6, 6.07) is 5.87.